The highest BCUT2D eigenvalue weighted by molar-refractivity contribution is 5.84. The lowest BCUT2D eigenvalue weighted by atomic mass is 10.0. The second-order valence-electron chi connectivity index (χ2n) is 6.58. The Morgan fingerprint density at radius 2 is 2.25 bits per heavy atom. The summed E-state index contributed by atoms with van der Waals surface area (Å²) in [6.07, 6.45) is 5.75. The molecule has 2 heterocycles. The molecular weight excluding hydrogens is 302 g/mol. The molecule has 2 aromatic rings. The molecule has 2 atom stereocenters. The lowest BCUT2D eigenvalue weighted by Gasteiger charge is -2.28. The van der Waals surface area contributed by atoms with Crippen molar-refractivity contribution in [3.63, 3.8) is 0 Å². The van der Waals surface area contributed by atoms with E-state index in [1.54, 1.807) is 0 Å². The summed E-state index contributed by atoms with van der Waals surface area (Å²) in [5.41, 5.74) is 0.899. The molecule has 1 aliphatic heterocycles. The second kappa shape index (κ2) is 7.75. The van der Waals surface area contributed by atoms with Crippen molar-refractivity contribution in [3.05, 3.63) is 36.1 Å². The molecule has 1 aromatic heterocycles. The molecule has 1 aromatic carbocycles. The van der Waals surface area contributed by atoms with Crippen LogP contribution in [0.15, 0.2) is 34.7 Å². The van der Waals surface area contributed by atoms with Gasteiger partial charge in [0.1, 0.15) is 23.4 Å². The summed E-state index contributed by atoms with van der Waals surface area (Å²) >= 11 is 0. The summed E-state index contributed by atoms with van der Waals surface area (Å²) in [5.74, 6) is 1.19. The van der Waals surface area contributed by atoms with Crippen molar-refractivity contribution in [2.75, 3.05) is 6.54 Å². The normalized spacial score (nSPS) is 19.6. The number of likely N-dealkylation sites (tertiary alicyclic amines) is 1. The van der Waals surface area contributed by atoms with Gasteiger partial charge in [-0.05, 0) is 44.4 Å². The van der Waals surface area contributed by atoms with Crippen LogP contribution in [0.5, 0.6) is 0 Å². The fraction of sp³-hybridized carbons (Fsp3) is 0.500. The van der Waals surface area contributed by atoms with Crippen LogP contribution in [0, 0.1) is 0 Å². The van der Waals surface area contributed by atoms with Gasteiger partial charge in [0.25, 0.3) is 0 Å². The van der Waals surface area contributed by atoms with Crippen LogP contribution in [0.3, 0.4) is 0 Å². The number of hydrogen-bond donors (Lipinski definition) is 0. The summed E-state index contributed by atoms with van der Waals surface area (Å²) < 4.78 is 5.80. The van der Waals surface area contributed by atoms with Crippen molar-refractivity contribution >= 4 is 23.0 Å². The first kappa shape index (κ1) is 16.9. The van der Waals surface area contributed by atoms with Gasteiger partial charge in [0.05, 0.1) is 12.1 Å². The minimum absolute atomic E-state index is 0.0747. The molecule has 1 aliphatic rings. The summed E-state index contributed by atoms with van der Waals surface area (Å²) in [5, 5.41) is 1.11. The van der Waals surface area contributed by atoms with Gasteiger partial charge in [-0.2, -0.15) is 0 Å². The number of para-hydroxylation sites is 1. The first-order chi connectivity index (χ1) is 11.7. The molecule has 0 aliphatic carbocycles. The number of carbonyl (C=O) groups excluding carboxylic acids is 2. The molecule has 0 saturated carbocycles. The van der Waals surface area contributed by atoms with Crippen LogP contribution >= 0.6 is 0 Å². The molecule has 0 radical (unpaired) electrons. The van der Waals surface area contributed by atoms with Crippen molar-refractivity contribution < 1.29 is 14.0 Å². The van der Waals surface area contributed by atoms with Gasteiger partial charge in [-0.25, -0.2) is 0 Å². The van der Waals surface area contributed by atoms with Crippen LogP contribution < -0.4 is 0 Å². The summed E-state index contributed by atoms with van der Waals surface area (Å²) in [4.78, 5) is 25.9. The second-order valence-corrected chi connectivity index (χ2v) is 6.58. The maximum Gasteiger partial charge on any atom is 0.149 e. The van der Waals surface area contributed by atoms with E-state index >= 15 is 0 Å². The van der Waals surface area contributed by atoms with Gasteiger partial charge in [0.15, 0.2) is 0 Å². The molecule has 24 heavy (non-hydrogen) atoms. The first-order valence-corrected chi connectivity index (χ1v) is 8.94. The van der Waals surface area contributed by atoms with Gasteiger partial charge < -0.3 is 9.21 Å². The number of furan rings is 1. The quantitative estimate of drug-likeness (QED) is 0.693. The first-order valence-electron chi connectivity index (χ1n) is 8.94. The molecule has 1 unspecified atom stereocenters. The maximum atomic E-state index is 12.6. The Bertz CT molecular complexity index is 673. The van der Waals surface area contributed by atoms with Crippen molar-refractivity contribution in [1.29, 1.82) is 0 Å². The van der Waals surface area contributed by atoms with Gasteiger partial charge in [-0.3, -0.25) is 9.69 Å². The zero-order chi connectivity index (χ0) is 16.9. The highest BCUT2D eigenvalue weighted by Gasteiger charge is 2.32. The molecule has 0 bridgehead atoms. The fourth-order valence-electron chi connectivity index (χ4n) is 3.76. The van der Waals surface area contributed by atoms with E-state index in [0.29, 0.717) is 6.42 Å². The van der Waals surface area contributed by atoms with Crippen LogP contribution in [-0.4, -0.2) is 35.6 Å². The van der Waals surface area contributed by atoms with E-state index < -0.39 is 0 Å². The van der Waals surface area contributed by atoms with Crippen LogP contribution in [-0.2, 0) is 16.0 Å². The number of aldehydes is 1. The SMILES string of the molecule is CCC(C(=O)CCCc1cc2ccccc2o1)N1CCC[C@H]1C=O. The van der Waals surface area contributed by atoms with E-state index in [-0.39, 0.29) is 17.9 Å². The predicted molar refractivity (Wildman–Crippen MR) is 94.0 cm³/mol. The summed E-state index contributed by atoms with van der Waals surface area (Å²) in [7, 11) is 0. The Balaban J connectivity index is 1.55. The number of benzene rings is 1. The van der Waals surface area contributed by atoms with Gasteiger partial charge in [0.2, 0.25) is 0 Å². The number of nitrogens with zero attached hydrogens (tertiary/aromatic N) is 1. The Kier molecular flexibility index (Phi) is 5.46. The fourth-order valence-corrected chi connectivity index (χ4v) is 3.76. The lowest BCUT2D eigenvalue weighted by Crippen LogP contribution is -2.44. The Morgan fingerprint density at radius 1 is 1.42 bits per heavy atom. The van der Waals surface area contributed by atoms with E-state index in [9.17, 15) is 9.59 Å². The summed E-state index contributed by atoms with van der Waals surface area (Å²) in [6.45, 7) is 2.89. The van der Waals surface area contributed by atoms with E-state index in [4.69, 9.17) is 4.42 Å². The van der Waals surface area contributed by atoms with Crippen molar-refractivity contribution in [2.24, 2.45) is 0 Å². The molecule has 0 N–H and O–H groups in total. The number of carbonyl (C=O) groups is 2. The predicted octanol–water partition coefficient (Wildman–Crippen LogP) is 3.77. The number of hydrogen-bond acceptors (Lipinski definition) is 4. The molecule has 4 nitrogen and oxygen atoms in total. The molecule has 1 saturated heterocycles. The molecule has 0 spiro atoms. The third kappa shape index (κ3) is 3.59. The average Bonchev–Trinajstić information content (AvgIpc) is 3.21. The van der Waals surface area contributed by atoms with E-state index in [1.165, 1.54) is 0 Å². The number of aryl methyl sites for hydroxylation is 1. The lowest BCUT2D eigenvalue weighted by molar-refractivity contribution is -0.125. The zero-order valence-corrected chi connectivity index (χ0v) is 14.2. The van der Waals surface area contributed by atoms with Gasteiger partial charge in [-0.15, -0.1) is 0 Å². The number of Topliss-reactive ketones (excluding diaryl/α,β-unsaturated/α-hetero) is 1. The highest BCUT2D eigenvalue weighted by Crippen LogP contribution is 2.23. The number of rotatable bonds is 8. The monoisotopic (exact) mass is 327 g/mol. The van der Waals surface area contributed by atoms with Crippen LogP contribution in [0.25, 0.3) is 11.0 Å². The number of fused-ring (bicyclic) bond motifs is 1. The molecule has 3 rings (SSSR count). The highest BCUT2D eigenvalue weighted by atomic mass is 16.3. The van der Waals surface area contributed by atoms with E-state index in [0.717, 1.165) is 61.7 Å². The zero-order valence-electron chi connectivity index (χ0n) is 14.2. The Morgan fingerprint density at radius 3 is 3.00 bits per heavy atom. The van der Waals surface area contributed by atoms with Crippen LogP contribution in [0.2, 0.25) is 0 Å². The minimum atomic E-state index is -0.113. The smallest absolute Gasteiger partial charge is 0.149 e. The molecule has 128 valence electrons. The molecule has 0 amide bonds. The van der Waals surface area contributed by atoms with Crippen LogP contribution in [0.1, 0.15) is 44.8 Å². The van der Waals surface area contributed by atoms with E-state index in [2.05, 4.69) is 11.0 Å². The Labute approximate surface area is 142 Å². The minimum Gasteiger partial charge on any atom is -0.461 e. The topological polar surface area (TPSA) is 50.5 Å². The van der Waals surface area contributed by atoms with Gasteiger partial charge in [-0.1, -0.05) is 25.1 Å². The molecule has 1 fully saturated rings. The van der Waals surface area contributed by atoms with Crippen molar-refractivity contribution in [1.82, 2.24) is 4.90 Å². The van der Waals surface area contributed by atoms with E-state index in [1.807, 2.05) is 31.2 Å². The van der Waals surface area contributed by atoms with Crippen LogP contribution in [0.4, 0.5) is 0 Å². The molecular formula is C20H25NO3. The largest absolute Gasteiger partial charge is 0.461 e. The summed E-state index contributed by atoms with van der Waals surface area (Å²) in [6, 6.07) is 9.83. The standard InChI is InChI=1S/C20H25NO3/c1-2-18(21-12-6-8-16(21)14-22)19(23)10-5-9-17-13-15-7-3-4-11-20(15)24-17/h3-4,7,11,13-14,16,18H,2,5-6,8-10,12H2,1H3/t16-,18?/m0/s1. The van der Waals surface area contributed by atoms with Gasteiger partial charge in [0, 0.05) is 18.2 Å². The third-order valence-corrected chi connectivity index (χ3v) is 4.98. The van der Waals surface area contributed by atoms with Crippen molar-refractivity contribution in [3.8, 4) is 0 Å². The van der Waals surface area contributed by atoms with Crippen molar-refractivity contribution in [2.45, 2.75) is 57.5 Å². The maximum absolute atomic E-state index is 12.6. The molecule has 4 heteroatoms. The number of ketones is 1. The third-order valence-electron chi connectivity index (χ3n) is 4.98. The van der Waals surface area contributed by atoms with Gasteiger partial charge >= 0.3 is 0 Å². The average molecular weight is 327 g/mol. The Hall–Kier alpha value is -1.94.